The van der Waals surface area contributed by atoms with Crippen molar-refractivity contribution in [2.24, 2.45) is 16.2 Å². The molecule has 1 heterocycles. The van der Waals surface area contributed by atoms with Crippen LogP contribution in [0.5, 0.6) is 0 Å². The fraction of sp³-hybridized carbons (Fsp3) is 0.875. The number of ketones is 2. The Morgan fingerprint density at radius 2 is 0.931 bits per heavy atom. The molecule has 0 aliphatic carbocycles. The van der Waals surface area contributed by atoms with Gasteiger partial charge in [-0.15, -0.1) is 0 Å². The first kappa shape index (κ1) is 32.7. The molecule has 1 rings (SSSR count). The third kappa shape index (κ3) is 9.57. The number of epoxide rings is 1. The molecule has 0 saturated carbocycles. The van der Waals surface area contributed by atoms with Gasteiger partial charge in [0.15, 0.2) is 0 Å². The van der Waals surface area contributed by atoms with Crippen molar-refractivity contribution in [3.05, 3.63) is 6.65 Å². The summed E-state index contributed by atoms with van der Waals surface area (Å²) in [6.45, 7) is 33.1. The van der Waals surface area contributed by atoms with E-state index < -0.39 is 11.0 Å². The topological polar surface area (TPSA) is 86.8 Å². The van der Waals surface area contributed by atoms with E-state index in [0.717, 1.165) is 0 Å². The third-order valence-corrected chi connectivity index (χ3v) is 7.08. The quantitative estimate of drug-likeness (QED) is 0.372. The van der Waals surface area contributed by atoms with E-state index in [-0.39, 0.29) is 33.6 Å². The molecule has 0 bridgehead atoms. The number of Topliss-reactive ketones (excluding diaryl/α,β-unsaturated/α-hetero) is 2. The van der Waals surface area contributed by atoms with E-state index >= 15 is 0 Å². The molecular weight excluding hydrogens is 368 g/mol. The monoisotopic (exact) mass is 414 g/mol. The number of aliphatic hydroxyl groups is 1. The molecule has 29 heavy (non-hydrogen) atoms. The number of hydrogen-bond donors (Lipinski definition) is 1. The molecule has 0 radical (unpaired) electrons. The standard InChI is InChI=1S/C9H18O.C8H16O2.C6H12O.CO/c1-7(10)9(5,6)8(2,3)4;1-6(9)7(2,3)8(4,5)10;1-5(2)6(3,4)7-5;1-2/h1-6H3;10H,1-5H3;1-4H3;. The van der Waals surface area contributed by atoms with E-state index in [1.54, 1.807) is 34.6 Å². The summed E-state index contributed by atoms with van der Waals surface area (Å²) in [4.78, 5) is 22.1. The molecular formula is C24H46O5. The fourth-order valence-electron chi connectivity index (χ4n) is 1.57. The van der Waals surface area contributed by atoms with Gasteiger partial charge in [0, 0.05) is 5.41 Å². The second kappa shape index (κ2) is 10.3. The molecule has 5 nitrogen and oxygen atoms in total. The molecule has 1 aliphatic rings. The van der Waals surface area contributed by atoms with Gasteiger partial charge in [0.2, 0.25) is 0 Å². The molecule has 1 N–H and O–H groups in total. The zero-order chi connectivity index (χ0) is 24.9. The van der Waals surface area contributed by atoms with Crippen LogP contribution in [0.1, 0.15) is 104 Å². The van der Waals surface area contributed by atoms with E-state index in [2.05, 4.69) is 55.1 Å². The van der Waals surface area contributed by atoms with Crippen LogP contribution < -0.4 is 0 Å². The number of ether oxygens (including phenoxy) is 1. The maximum atomic E-state index is 11.1. The van der Waals surface area contributed by atoms with Crippen LogP contribution >= 0.6 is 0 Å². The van der Waals surface area contributed by atoms with Crippen LogP contribution in [0, 0.1) is 22.9 Å². The van der Waals surface area contributed by atoms with Crippen molar-refractivity contribution in [3.63, 3.8) is 0 Å². The van der Waals surface area contributed by atoms with E-state index in [1.165, 1.54) is 6.92 Å². The molecule has 0 amide bonds. The Bertz CT molecular complexity index is 516. The van der Waals surface area contributed by atoms with E-state index in [0.29, 0.717) is 0 Å². The molecule has 0 aromatic rings. The molecule has 1 fully saturated rings. The summed E-state index contributed by atoms with van der Waals surface area (Å²) >= 11 is 0. The van der Waals surface area contributed by atoms with Gasteiger partial charge in [-0.2, -0.15) is 0 Å². The van der Waals surface area contributed by atoms with Crippen molar-refractivity contribution < 1.29 is 24.1 Å². The minimum absolute atomic E-state index is 0.0139. The summed E-state index contributed by atoms with van der Waals surface area (Å²) in [5.74, 6) is 0.278. The van der Waals surface area contributed by atoms with Crippen LogP contribution in [-0.4, -0.2) is 33.5 Å². The van der Waals surface area contributed by atoms with Gasteiger partial charge >= 0.3 is 11.3 Å². The third-order valence-electron chi connectivity index (χ3n) is 7.08. The first-order valence-corrected chi connectivity index (χ1v) is 9.99. The summed E-state index contributed by atoms with van der Waals surface area (Å²) in [5.41, 5.74) is -1.42. The molecule has 1 aliphatic heterocycles. The Morgan fingerprint density at radius 3 is 0.931 bits per heavy atom. The number of carbonyl (C=O) groups excluding carboxylic acids is 2. The van der Waals surface area contributed by atoms with Crippen molar-refractivity contribution in [2.75, 3.05) is 0 Å². The Morgan fingerprint density at radius 1 is 0.724 bits per heavy atom. The van der Waals surface area contributed by atoms with Crippen molar-refractivity contribution in [1.29, 1.82) is 0 Å². The molecule has 0 atom stereocenters. The van der Waals surface area contributed by atoms with E-state index in [9.17, 15) is 14.7 Å². The summed E-state index contributed by atoms with van der Waals surface area (Å²) in [5, 5.41) is 9.50. The Hall–Kier alpha value is -1.00. The second-order valence-corrected chi connectivity index (χ2v) is 11.3. The predicted molar refractivity (Wildman–Crippen MR) is 118 cm³/mol. The summed E-state index contributed by atoms with van der Waals surface area (Å²) in [7, 11) is 0. The van der Waals surface area contributed by atoms with Crippen LogP contribution in [-0.2, 0) is 19.0 Å². The molecule has 172 valence electrons. The average molecular weight is 415 g/mol. The molecule has 0 aromatic carbocycles. The Balaban J connectivity index is -0.000000339. The van der Waals surface area contributed by atoms with Crippen molar-refractivity contribution in [3.8, 4) is 0 Å². The van der Waals surface area contributed by atoms with Gasteiger partial charge in [-0.25, -0.2) is 0 Å². The van der Waals surface area contributed by atoms with Crippen LogP contribution in [0.25, 0.3) is 0 Å². The molecule has 0 unspecified atom stereocenters. The van der Waals surface area contributed by atoms with Crippen LogP contribution in [0.4, 0.5) is 0 Å². The first-order chi connectivity index (χ1) is 12.3. The van der Waals surface area contributed by atoms with Crippen LogP contribution in [0.3, 0.4) is 0 Å². The van der Waals surface area contributed by atoms with Crippen molar-refractivity contribution in [2.45, 2.75) is 121 Å². The van der Waals surface area contributed by atoms with Gasteiger partial charge in [-0.1, -0.05) is 48.5 Å². The predicted octanol–water partition coefficient (Wildman–Crippen LogP) is 5.56. The fourth-order valence-corrected chi connectivity index (χ4v) is 1.57. The van der Waals surface area contributed by atoms with Crippen LogP contribution in [0.2, 0.25) is 0 Å². The van der Waals surface area contributed by atoms with Crippen molar-refractivity contribution >= 4 is 11.6 Å². The Labute approximate surface area is 179 Å². The Kier molecular flexibility index (Phi) is 11.7. The zero-order valence-electron chi connectivity index (χ0n) is 21.6. The molecule has 5 heteroatoms. The second-order valence-electron chi connectivity index (χ2n) is 11.3. The number of rotatable bonds is 3. The molecule has 1 saturated heterocycles. The normalized spacial score (nSPS) is 17.2. The van der Waals surface area contributed by atoms with Gasteiger partial charge in [0.1, 0.15) is 11.6 Å². The first-order valence-electron chi connectivity index (χ1n) is 9.99. The number of carbonyl (C=O) groups is 2. The van der Waals surface area contributed by atoms with Gasteiger partial charge in [0.25, 0.3) is 0 Å². The SMILES string of the molecule is CC(=O)C(C)(C)C(C)(C)C.CC(=O)C(C)(C)C(C)(C)O.CC1(C)OC1(C)C.[C-]#[O+]. The van der Waals surface area contributed by atoms with Gasteiger partial charge in [0.05, 0.1) is 22.2 Å². The van der Waals surface area contributed by atoms with E-state index in [1.807, 2.05) is 13.8 Å². The van der Waals surface area contributed by atoms with Gasteiger partial charge in [-0.05, 0) is 60.8 Å². The maximum absolute atomic E-state index is 11.1. The average Bonchev–Trinajstić information content (AvgIpc) is 2.94. The summed E-state index contributed by atoms with van der Waals surface area (Å²) < 4.78 is 12.8. The van der Waals surface area contributed by atoms with E-state index in [4.69, 9.17) is 9.39 Å². The van der Waals surface area contributed by atoms with Gasteiger partial charge in [-0.3, -0.25) is 9.59 Å². The van der Waals surface area contributed by atoms with Gasteiger partial charge < -0.3 is 9.84 Å². The minimum atomic E-state index is -0.932. The number of hydrogen-bond acceptors (Lipinski definition) is 4. The van der Waals surface area contributed by atoms with Crippen molar-refractivity contribution in [1.82, 2.24) is 0 Å². The van der Waals surface area contributed by atoms with Crippen LogP contribution in [0.15, 0.2) is 0 Å². The zero-order valence-corrected chi connectivity index (χ0v) is 21.6. The molecule has 0 aromatic heterocycles. The summed E-state index contributed by atoms with van der Waals surface area (Å²) in [6, 6.07) is 0. The summed E-state index contributed by atoms with van der Waals surface area (Å²) in [6.07, 6.45) is 0. The molecule has 0 spiro atoms.